The first-order valence-corrected chi connectivity index (χ1v) is 4.20. The molecule has 1 N–H and O–H groups in total. The second-order valence-electron chi connectivity index (χ2n) is 2.91. The molecule has 15 heavy (non-hydrogen) atoms. The Bertz CT molecular complexity index is 445. The maximum absolute atomic E-state index is 9.62. The first-order valence-electron chi connectivity index (χ1n) is 4.20. The van der Waals surface area contributed by atoms with Crippen molar-refractivity contribution in [3.05, 3.63) is 35.4 Å². The number of aliphatic hydroxyl groups is 1. The molecular weight excluding hydrogens is 190 g/mol. The summed E-state index contributed by atoms with van der Waals surface area (Å²) in [5, 5.41) is 35.3. The van der Waals surface area contributed by atoms with Gasteiger partial charge in [0.25, 0.3) is 0 Å². The molecule has 0 amide bonds. The van der Waals surface area contributed by atoms with Gasteiger partial charge in [0.2, 0.25) is 0 Å². The summed E-state index contributed by atoms with van der Waals surface area (Å²) in [7, 11) is 0. The van der Waals surface area contributed by atoms with Gasteiger partial charge in [0, 0.05) is 0 Å². The summed E-state index contributed by atoms with van der Waals surface area (Å²) in [4.78, 5) is 0. The Morgan fingerprint density at radius 3 is 1.93 bits per heavy atom. The quantitative estimate of drug-likeness (QED) is 0.772. The van der Waals surface area contributed by atoms with Crippen LogP contribution in [0.15, 0.2) is 24.3 Å². The van der Waals surface area contributed by atoms with Crippen LogP contribution in [0, 0.1) is 39.9 Å². The van der Waals surface area contributed by atoms with E-state index in [0.29, 0.717) is 11.1 Å². The van der Waals surface area contributed by atoms with Crippen molar-refractivity contribution in [3.63, 3.8) is 0 Å². The fraction of sp³-hybridized carbons (Fsp3) is 0.182. The number of nitriles is 3. The Kier molecular flexibility index (Phi) is 3.41. The number of nitrogens with zero attached hydrogens (tertiary/aromatic N) is 3. The first-order chi connectivity index (χ1) is 7.22. The molecule has 0 aliphatic rings. The topological polar surface area (TPSA) is 91.6 Å². The maximum atomic E-state index is 9.62. The van der Waals surface area contributed by atoms with Crippen LogP contribution < -0.4 is 0 Å². The van der Waals surface area contributed by atoms with Crippen LogP contribution in [-0.2, 0) is 0 Å². The van der Waals surface area contributed by atoms with Gasteiger partial charge in [-0.2, -0.15) is 15.8 Å². The lowest BCUT2D eigenvalue weighted by Crippen LogP contribution is -2.08. The average Bonchev–Trinajstić information content (AvgIpc) is 2.30. The van der Waals surface area contributed by atoms with E-state index < -0.39 is 12.0 Å². The summed E-state index contributed by atoms with van der Waals surface area (Å²) < 4.78 is 0. The molecule has 0 heterocycles. The summed E-state index contributed by atoms with van der Waals surface area (Å²) in [6.07, 6.45) is -1.13. The van der Waals surface area contributed by atoms with Crippen molar-refractivity contribution in [1.82, 2.24) is 0 Å². The third-order valence-electron chi connectivity index (χ3n) is 1.98. The van der Waals surface area contributed by atoms with Crippen molar-refractivity contribution >= 4 is 0 Å². The van der Waals surface area contributed by atoms with E-state index in [0.717, 1.165) is 0 Å². The lowest BCUT2D eigenvalue weighted by Gasteiger charge is -2.10. The minimum Gasteiger partial charge on any atom is -0.386 e. The molecule has 1 aromatic carbocycles. The molecule has 0 saturated carbocycles. The first kappa shape index (κ1) is 10.7. The molecule has 1 atom stereocenters. The Hall–Kier alpha value is -2.35. The largest absolute Gasteiger partial charge is 0.386 e. The number of hydrogen-bond donors (Lipinski definition) is 1. The molecule has 0 aliphatic carbocycles. The van der Waals surface area contributed by atoms with E-state index >= 15 is 0 Å². The van der Waals surface area contributed by atoms with Crippen LogP contribution >= 0.6 is 0 Å². The van der Waals surface area contributed by atoms with Crippen LogP contribution in [-0.4, -0.2) is 5.11 Å². The van der Waals surface area contributed by atoms with Crippen molar-refractivity contribution in [1.29, 1.82) is 15.8 Å². The minimum absolute atomic E-state index is 0.460. The van der Waals surface area contributed by atoms with Crippen LogP contribution in [0.5, 0.6) is 0 Å². The Morgan fingerprint density at radius 2 is 1.53 bits per heavy atom. The highest BCUT2D eigenvalue weighted by Crippen LogP contribution is 2.21. The second kappa shape index (κ2) is 4.77. The summed E-state index contributed by atoms with van der Waals surface area (Å²) in [6, 6.07) is 11.5. The molecule has 72 valence electrons. The number of rotatable bonds is 2. The Labute approximate surface area is 87.2 Å². The maximum Gasteiger partial charge on any atom is 0.163 e. The second-order valence-corrected chi connectivity index (χ2v) is 2.91. The zero-order chi connectivity index (χ0) is 11.3. The van der Waals surface area contributed by atoms with Crippen LogP contribution in [0.25, 0.3) is 0 Å². The molecule has 0 aromatic heterocycles. The van der Waals surface area contributed by atoms with E-state index in [1.54, 1.807) is 12.1 Å². The van der Waals surface area contributed by atoms with Gasteiger partial charge in [-0.15, -0.1) is 0 Å². The molecule has 0 aliphatic heterocycles. The van der Waals surface area contributed by atoms with Gasteiger partial charge in [-0.05, 0) is 17.7 Å². The van der Waals surface area contributed by atoms with Gasteiger partial charge in [-0.25, -0.2) is 0 Å². The predicted octanol–water partition coefficient (Wildman–Crippen LogP) is 1.26. The normalized spacial score (nSPS) is 11.1. The van der Waals surface area contributed by atoms with E-state index in [2.05, 4.69) is 0 Å². The molecular formula is C11H7N3O. The van der Waals surface area contributed by atoms with Crippen molar-refractivity contribution < 1.29 is 5.11 Å². The highest BCUT2D eigenvalue weighted by Gasteiger charge is 2.19. The average molecular weight is 197 g/mol. The van der Waals surface area contributed by atoms with Crippen molar-refractivity contribution in [3.8, 4) is 18.2 Å². The van der Waals surface area contributed by atoms with Gasteiger partial charge in [-0.1, -0.05) is 12.1 Å². The third-order valence-corrected chi connectivity index (χ3v) is 1.98. The van der Waals surface area contributed by atoms with Gasteiger partial charge in [0.05, 0.1) is 23.8 Å². The van der Waals surface area contributed by atoms with Crippen LogP contribution in [0.2, 0.25) is 0 Å². The lowest BCUT2D eigenvalue weighted by atomic mass is 9.97. The van der Waals surface area contributed by atoms with Gasteiger partial charge < -0.3 is 5.11 Å². The van der Waals surface area contributed by atoms with Crippen LogP contribution in [0.4, 0.5) is 0 Å². The van der Waals surface area contributed by atoms with Gasteiger partial charge in [0.15, 0.2) is 5.92 Å². The van der Waals surface area contributed by atoms with Crippen LogP contribution in [0.1, 0.15) is 17.2 Å². The highest BCUT2D eigenvalue weighted by atomic mass is 16.3. The summed E-state index contributed by atoms with van der Waals surface area (Å²) in [5.41, 5.74) is 0.929. The molecule has 1 aromatic rings. The van der Waals surface area contributed by atoms with Gasteiger partial charge >= 0.3 is 0 Å². The zero-order valence-corrected chi connectivity index (χ0v) is 7.75. The zero-order valence-electron chi connectivity index (χ0n) is 7.75. The molecule has 1 unspecified atom stereocenters. The van der Waals surface area contributed by atoms with Gasteiger partial charge in [0.1, 0.15) is 6.10 Å². The fourth-order valence-electron chi connectivity index (χ4n) is 1.12. The predicted molar refractivity (Wildman–Crippen MR) is 50.8 cm³/mol. The van der Waals surface area contributed by atoms with Crippen molar-refractivity contribution in [2.75, 3.05) is 0 Å². The standard InChI is InChI=1S/C11H7N3O/c12-5-8-1-3-9(4-2-8)11(15)10(6-13)7-14/h1-4,10-11,15H. The fourth-order valence-corrected chi connectivity index (χ4v) is 1.12. The number of benzene rings is 1. The molecule has 0 saturated heterocycles. The number of aliphatic hydroxyl groups excluding tert-OH is 1. The Morgan fingerprint density at radius 1 is 1.00 bits per heavy atom. The summed E-state index contributed by atoms with van der Waals surface area (Å²) >= 11 is 0. The molecule has 4 nitrogen and oxygen atoms in total. The van der Waals surface area contributed by atoms with E-state index in [4.69, 9.17) is 15.8 Å². The molecule has 0 bridgehead atoms. The third kappa shape index (κ3) is 2.31. The summed E-state index contributed by atoms with van der Waals surface area (Å²) in [5.74, 6) is -1.09. The minimum atomic E-state index is -1.13. The molecule has 0 radical (unpaired) electrons. The monoisotopic (exact) mass is 197 g/mol. The molecule has 4 heteroatoms. The SMILES string of the molecule is N#Cc1ccc(C(O)C(C#N)C#N)cc1. The molecule has 1 rings (SSSR count). The number of hydrogen-bond acceptors (Lipinski definition) is 4. The van der Waals surface area contributed by atoms with Crippen LogP contribution in [0.3, 0.4) is 0 Å². The van der Waals surface area contributed by atoms with Gasteiger partial charge in [-0.3, -0.25) is 0 Å². The lowest BCUT2D eigenvalue weighted by molar-refractivity contribution is 0.156. The van der Waals surface area contributed by atoms with E-state index in [1.165, 1.54) is 24.3 Å². The highest BCUT2D eigenvalue weighted by molar-refractivity contribution is 5.33. The van der Waals surface area contributed by atoms with E-state index in [-0.39, 0.29) is 0 Å². The summed E-state index contributed by atoms with van der Waals surface area (Å²) in [6.45, 7) is 0. The van der Waals surface area contributed by atoms with Crippen molar-refractivity contribution in [2.24, 2.45) is 5.92 Å². The van der Waals surface area contributed by atoms with Crippen molar-refractivity contribution in [2.45, 2.75) is 6.10 Å². The van der Waals surface area contributed by atoms with E-state index in [1.807, 2.05) is 6.07 Å². The molecule has 0 fully saturated rings. The Balaban J connectivity index is 2.95. The smallest absolute Gasteiger partial charge is 0.163 e. The molecule has 0 spiro atoms. The van der Waals surface area contributed by atoms with E-state index in [9.17, 15) is 5.11 Å².